The first-order valence-corrected chi connectivity index (χ1v) is 10.3. The maximum Gasteiger partial charge on any atom is 0.351 e. The summed E-state index contributed by atoms with van der Waals surface area (Å²) in [6.45, 7) is 7.60. The van der Waals surface area contributed by atoms with Crippen LogP contribution in [0.15, 0.2) is 58.3 Å². The highest BCUT2D eigenvalue weighted by molar-refractivity contribution is 7.99. The fourth-order valence-electron chi connectivity index (χ4n) is 2.73. The number of carbonyl (C=O) groups is 1. The monoisotopic (exact) mass is 445 g/mol. The van der Waals surface area contributed by atoms with Crippen molar-refractivity contribution in [2.45, 2.75) is 43.0 Å². The van der Waals surface area contributed by atoms with E-state index >= 15 is 0 Å². The second-order valence-electron chi connectivity index (χ2n) is 7.53. The molecular formula is C21H20ClN3O4S. The number of esters is 1. The van der Waals surface area contributed by atoms with E-state index in [4.69, 9.17) is 16.3 Å². The smallest absolute Gasteiger partial charge is 0.351 e. The topological polar surface area (TPSA) is 87.3 Å². The molecule has 0 fully saturated rings. The van der Waals surface area contributed by atoms with Gasteiger partial charge in [0.05, 0.1) is 21.1 Å². The summed E-state index contributed by atoms with van der Waals surface area (Å²) in [4.78, 5) is 25.3. The molecule has 9 heteroatoms. The number of ether oxygens (including phenoxy) is 1. The molecule has 0 saturated heterocycles. The number of hydrogen-bond acceptors (Lipinski definition) is 6. The van der Waals surface area contributed by atoms with Gasteiger partial charge in [0.1, 0.15) is 5.56 Å². The van der Waals surface area contributed by atoms with Crippen LogP contribution in [0.2, 0.25) is 5.02 Å². The lowest BCUT2D eigenvalue weighted by molar-refractivity contribution is -0.385. The zero-order valence-corrected chi connectivity index (χ0v) is 18.5. The summed E-state index contributed by atoms with van der Waals surface area (Å²) in [7, 11) is 0. The number of rotatable bonds is 5. The Kier molecular flexibility index (Phi) is 6.19. The molecule has 1 heterocycles. The number of benzene rings is 2. The standard InChI is InChI=1S/C21H20ClN3O4S/c1-13-18(30-15-8-6-5-7-9-15)19(24(23-13)21(2,3)4)29-20(26)16-12-14(22)10-11-17(16)25(27)28/h5-12H,1-4H3. The van der Waals surface area contributed by atoms with Crippen LogP contribution >= 0.6 is 23.4 Å². The van der Waals surface area contributed by atoms with E-state index in [1.165, 1.54) is 30.0 Å². The molecule has 7 nitrogen and oxygen atoms in total. The van der Waals surface area contributed by atoms with Gasteiger partial charge in [0.15, 0.2) is 0 Å². The third-order valence-corrected chi connectivity index (χ3v) is 5.55. The van der Waals surface area contributed by atoms with E-state index in [1.807, 2.05) is 58.0 Å². The lowest BCUT2D eigenvalue weighted by Crippen LogP contribution is -2.25. The molecule has 30 heavy (non-hydrogen) atoms. The maximum absolute atomic E-state index is 12.9. The van der Waals surface area contributed by atoms with E-state index in [0.29, 0.717) is 10.6 Å². The summed E-state index contributed by atoms with van der Waals surface area (Å²) < 4.78 is 7.32. The molecule has 0 aliphatic rings. The highest BCUT2D eigenvalue weighted by Crippen LogP contribution is 2.40. The van der Waals surface area contributed by atoms with Crippen LogP contribution < -0.4 is 4.74 Å². The molecule has 3 rings (SSSR count). The van der Waals surface area contributed by atoms with Gasteiger partial charge in [0.25, 0.3) is 5.69 Å². The third kappa shape index (κ3) is 4.66. The Balaban J connectivity index is 2.08. The maximum atomic E-state index is 12.9. The average Bonchev–Trinajstić information content (AvgIpc) is 2.98. The van der Waals surface area contributed by atoms with Crippen LogP contribution in [0.1, 0.15) is 36.8 Å². The average molecular weight is 446 g/mol. The van der Waals surface area contributed by atoms with E-state index in [9.17, 15) is 14.9 Å². The van der Waals surface area contributed by atoms with Gasteiger partial charge in [-0.25, -0.2) is 9.48 Å². The number of hydrogen-bond donors (Lipinski definition) is 0. The van der Waals surface area contributed by atoms with Crippen molar-refractivity contribution in [2.75, 3.05) is 0 Å². The van der Waals surface area contributed by atoms with Crippen LogP contribution in [-0.4, -0.2) is 20.7 Å². The first kappa shape index (κ1) is 21.9. The molecule has 3 aromatic rings. The molecule has 2 aromatic carbocycles. The first-order valence-electron chi connectivity index (χ1n) is 9.07. The minimum Gasteiger partial charge on any atom is -0.403 e. The fourth-order valence-corrected chi connectivity index (χ4v) is 3.84. The number of nitro benzene ring substituents is 1. The van der Waals surface area contributed by atoms with Gasteiger partial charge in [-0.15, -0.1) is 0 Å². The van der Waals surface area contributed by atoms with Crippen molar-refractivity contribution >= 4 is 35.0 Å². The lowest BCUT2D eigenvalue weighted by atomic mass is 10.1. The summed E-state index contributed by atoms with van der Waals surface area (Å²) in [5.74, 6) is -0.641. The molecule has 156 valence electrons. The molecule has 1 aromatic heterocycles. The zero-order valence-electron chi connectivity index (χ0n) is 16.9. The van der Waals surface area contributed by atoms with Crippen LogP contribution in [0, 0.1) is 17.0 Å². The summed E-state index contributed by atoms with van der Waals surface area (Å²) in [6.07, 6.45) is 0. The Labute approximate surface area is 183 Å². The fraction of sp³-hybridized carbons (Fsp3) is 0.238. The van der Waals surface area contributed by atoms with E-state index in [1.54, 1.807) is 4.68 Å². The van der Waals surface area contributed by atoms with E-state index in [0.717, 1.165) is 4.90 Å². The molecule has 0 spiro atoms. The van der Waals surface area contributed by atoms with Crippen molar-refractivity contribution in [1.82, 2.24) is 9.78 Å². The second-order valence-corrected chi connectivity index (χ2v) is 9.05. The van der Waals surface area contributed by atoms with Crippen LogP contribution in [0.25, 0.3) is 0 Å². The normalized spacial score (nSPS) is 11.4. The number of aryl methyl sites for hydroxylation is 1. The molecule has 0 aliphatic carbocycles. The molecule has 0 aliphatic heterocycles. The van der Waals surface area contributed by atoms with Crippen LogP contribution in [-0.2, 0) is 5.54 Å². The summed E-state index contributed by atoms with van der Waals surface area (Å²) >= 11 is 7.37. The highest BCUT2D eigenvalue weighted by Gasteiger charge is 2.30. The minimum atomic E-state index is -0.871. The predicted octanol–water partition coefficient (Wildman–Crippen LogP) is 5.88. The second kappa shape index (κ2) is 8.49. The van der Waals surface area contributed by atoms with Gasteiger partial charge in [-0.05, 0) is 52.0 Å². The molecule has 0 bridgehead atoms. The summed E-state index contributed by atoms with van der Waals surface area (Å²) in [5.41, 5.74) is -0.402. The van der Waals surface area contributed by atoms with Gasteiger partial charge in [0.2, 0.25) is 5.88 Å². The number of carbonyl (C=O) groups excluding carboxylic acids is 1. The highest BCUT2D eigenvalue weighted by atomic mass is 35.5. The Morgan fingerprint density at radius 3 is 2.47 bits per heavy atom. The molecule has 0 radical (unpaired) electrons. The van der Waals surface area contributed by atoms with Gasteiger partial charge in [-0.1, -0.05) is 41.6 Å². The van der Waals surface area contributed by atoms with Gasteiger partial charge in [-0.3, -0.25) is 10.1 Å². The Morgan fingerprint density at radius 1 is 1.20 bits per heavy atom. The Morgan fingerprint density at radius 2 is 1.87 bits per heavy atom. The Hall–Kier alpha value is -2.84. The van der Waals surface area contributed by atoms with Crippen molar-refractivity contribution < 1.29 is 14.5 Å². The van der Waals surface area contributed by atoms with Crippen molar-refractivity contribution in [1.29, 1.82) is 0 Å². The van der Waals surface area contributed by atoms with E-state index in [2.05, 4.69) is 5.10 Å². The van der Waals surface area contributed by atoms with Crippen molar-refractivity contribution in [3.8, 4) is 5.88 Å². The molecule has 0 saturated carbocycles. The van der Waals surface area contributed by atoms with Gasteiger partial charge >= 0.3 is 5.97 Å². The number of aromatic nitrogens is 2. The number of nitro groups is 1. The van der Waals surface area contributed by atoms with Crippen molar-refractivity contribution in [3.63, 3.8) is 0 Å². The SMILES string of the molecule is Cc1nn(C(C)(C)C)c(OC(=O)c2cc(Cl)ccc2[N+](=O)[O-])c1Sc1ccccc1. The molecule has 0 atom stereocenters. The molecular weight excluding hydrogens is 426 g/mol. The third-order valence-electron chi connectivity index (χ3n) is 4.13. The van der Waals surface area contributed by atoms with Crippen molar-refractivity contribution in [3.05, 3.63) is 74.9 Å². The van der Waals surface area contributed by atoms with Crippen LogP contribution in [0.3, 0.4) is 0 Å². The van der Waals surface area contributed by atoms with E-state index in [-0.39, 0.29) is 22.2 Å². The molecule has 0 N–H and O–H groups in total. The van der Waals surface area contributed by atoms with Gasteiger partial charge in [0, 0.05) is 16.0 Å². The number of halogens is 1. The molecule has 0 amide bonds. The van der Waals surface area contributed by atoms with Gasteiger partial charge in [-0.2, -0.15) is 5.10 Å². The number of nitrogens with zero attached hydrogens (tertiary/aromatic N) is 3. The largest absolute Gasteiger partial charge is 0.403 e. The first-order chi connectivity index (χ1) is 14.1. The van der Waals surface area contributed by atoms with E-state index < -0.39 is 16.4 Å². The summed E-state index contributed by atoms with van der Waals surface area (Å²) in [5, 5.41) is 16.1. The predicted molar refractivity (Wildman–Crippen MR) is 116 cm³/mol. The Bertz CT molecular complexity index is 1110. The van der Waals surface area contributed by atoms with Gasteiger partial charge < -0.3 is 4.74 Å². The zero-order chi connectivity index (χ0) is 22.1. The van der Waals surface area contributed by atoms with Crippen LogP contribution in [0.5, 0.6) is 5.88 Å². The van der Waals surface area contributed by atoms with Crippen molar-refractivity contribution in [2.24, 2.45) is 0 Å². The minimum absolute atomic E-state index is 0.201. The summed E-state index contributed by atoms with van der Waals surface area (Å²) in [6, 6.07) is 13.4. The lowest BCUT2D eigenvalue weighted by Gasteiger charge is -2.22. The quantitative estimate of drug-likeness (QED) is 0.277. The molecule has 0 unspecified atom stereocenters. The van der Waals surface area contributed by atoms with Crippen LogP contribution in [0.4, 0.5) is 5.69 Å².